The van der Waals surface area contributed by atoms with Crippen molar-refractivity contribution in [3.05, 3.63) is 29.0 Å². The lowest BCUT2D eigenvalue weighted by molar-refractivity contribution is 0.414. The van der Waals surface area contributed by atoms with Gasteiger partial charge in [0.25, 0.3) is 0 Å². The summed E-state index contributed by atoms with van der Waals surface area (Å²) in [7, 11) is 2.07. The van der Waals surface area contributed by atoms with Gasteiger partial charge in [0.15, 0.2) is 0 Å². The minimum atomic E-state index is -0.281. The first-order valence-electron chi connectivity index (χ1n) is 5.05. The van der Waals surface area contributed by atoms with Gasteiger partial charge in [-0.3, -0.25) is 0 Å². The lowest BCUT2D eigenvalue weighted by Gasteiger charge is -2.14. The topological polar surface area (TPSA) is 15.3 Å². The number of nitrogens with one attached hydrogen (secondary N) is 1. The third-order valence-corrected chi connectivity index (χ3v) is 2.92. The van der Waals surface area contributed by atoms with Crippen LogP contribution in [0.25, 0.3) is 0 Å². The van der Waals surface area contributed by atoms with Crippen LogP contribution >= 0.6 is 11.6 Å². The Bertz CT molecular complexity index is 356. The number of likely N-dealkylation sites (N-methyl/N-ethyl adjacent to an activating group) is 1. The van der Waals surface area contributed by atoms with Crippen molar-refractivity contribution in [1.29, 1.82) is 0 Å². The molecule has 1 heterocycles. The zero-order valence-electron chi connectivity index (χ0n) is 8.63. The van der Waals surface area contributed by atoms with Gasteiger partial charge in [-0.25, -0.2) is 4.39 Å². The van der Waals surface area contributed by atoms with Crippen LogP contribution in [0.15, 0.2) is 18.2 Å². The van der Waals surface area contributed by atoms with E-state index in [9.17, 15) is 4.39 Å². The Morgan fingerprint density at radius 2 is 2.33 bits per heavy atom. The van der Waals surface area contributed by atoms with Crippen LogP contribution < -0.4 is 5.32 Å². The van der Waals surface area contributed by atoms with Gasteiger partial charge in [0.1, 0.15) is 5.82 Å². The van der Waals surface area contributed by atoms with Gasteiger partial charge in [-0.1, -0.05) is 11.6 Å². The highest BCUT2D eigenvalue weighted by Crippen LogP contribution is 2.21. The van der Waals surface area contributed by atoms with Gasteiger partial charge in [0, 0.05) is 17.6 Å². The molecule has 1 aromatic rings. The molecule has 0 amide bonds. The lowest BCUT2D eigenvalue weighted by atomic mass is 10.2. The third kappa shape index (κ3) is 2.61. The molecular weight excluding hydrogens is 215 g/mol. The largest absolute Gasteiger partial charge is 0.379 e. The van der Waals surface area contributed by atoms with Gasteiger partial charge in [0.2, 0.25) is 0 Å². The van der Waals surface area contributed by atoms with E-state index in [1.807, 2.05) is 0 Å². The zero-order valence-corrected chi connectivity index (χ0v) is 9.39. The number of hydrogen-bond acceptors (Lipinski definition) is 2. The summed E-state index contributed by atoms with van der Waals surface area (Å²) in [6.07, 6.45) is 1.05. The van der Waals surface area contributed by atoms with E-state index in [4.69, 9.17) is 11.6 Å². The molecule has 1 N–H and O–H groups in total. The second kappa shape index (κ2) is 4.37. The minimum absolute atomic E-state index is 0.281. The molecule has 4 heteroatoms. The number of nitrogens with zero attached hydrogens (tertiary/aromatic N) is 1. The number of halogens is 2. The fraction of sp³-hybridized carbons (Fsp3) is 0.455. The molecule has 1 aromatic carbocycles. The van der Waals surface area contributed by atoms with Gasteiger partial charge in [-0.15, -0.1) is 0 Å². The smallest absolute Gasteiger partial charge is 0.147 e. The van der Waals surface area contributed by atoms with Crippen molar-refractivity contribution in [1.82, 2.24) is 4.90 Å². The summed E-state index contributed by atoms with van der Waals surface area (Å²) in [5.74, 6) is -0.281. The van der Waals surface area contributed by atoms with E-state index in [0.717, 1.165) is 19.5 Å². The molecule has 0 bridgehead atoms. The maximum atomic E-state index is 13.4. The summed E-state index contributed by atoms with van der Waals surface area (Å²) < 4.78 is 13.4. The number of anilines is 1. The van der Waals surface area contributed by atoms with Crippen LogP contribution in [-0.2, 0) is 0 Å². The lowest BCUT2D eigenvalue weighted by Crippen LogP contribution is -2.23. The predicted molar refractivity (Wildman–Crippen MR) is 60.9 cm³/mol. The van der Waals surface area contributed by atoms with Crippen LogP contribution in [0.5, 0.6) is 0 Å². The van der Waals surface area contributed by atoms with Crippen LogP contribution in [0.1, 0.15) is 6.42 Å². The second-order valence-corrected chi connectivity index (χ2v) is 4.45. The molecule has 15 heavy (non-hydrogen) atoms. The Morgan fingerprint density at radius 1 is 1.53 bits per heavy atom. The van der Waals surface area contributed by atoms with E-state index >= 15 is 0 Å². The molecular formula is C11H14ClFN2. The summed E-state index contributed by atoms with van der Waals surface area (Å²) in [5, 5.41) is 3.62. The molecule has 1 aliphatic rings. The molecule has 1 fully saturated rings. The summed E-state index contributed by atoms with van der Waals surface area (Å²) in [4.78, 5) is 2.23. The molecule has 0 spiro atoms. The normalized spacial score (nSPS) is 21.9. The van der Waals surface area contributed by atoms with E-state index in [-0.39, 0.29) is 5.82 Å². The van der Waals surface area contributed by atoms with Crippen LogP contribution in [0.4, 0.5) is 10.1 Å². The molecule has 0 saturated carbocycles. The van der Waals surface area contributed by atoms with E-state index in [1.54, 1.807) is 12.1 Å². The summed E-state index contributed by atoms with van der Waals surface area (Å²) in [6.45, 7) is 2.02. The molecule has 1 saturated heterocycles. The summed E-state index contributed by atoms with van der Waals surface area (Å²) >= 11 is 5.68. The molecule has 82 valence electrons. The first kappa shape index (κ1) is 10.7. The van der Waals surface area contributed by atoms with Crippen LogP contribution in [0, 0.1) is 5.82 Å². The van der Waals surface area contributed by atoms with Gasteiger partial charge in [0.05, 0.1) is 5.69 Å². The number of benzene rings is 1. The first-order chi connectivity index (χ1) is 7.15. The van der Waals surface area contributed by atoms with E-state index in [1.165, 1.54) is 6.07 Å². The van der Waals surface area contributed by atoms with Gasteiger partial charge < -0.3 is 10.2 Å². The SMILES string of the molecule is CN1CCC(Nc2ccc(Cl)cc2F)C1. The van der Waals surface area contributed by atoms with E-state index < -0.39 is 0 Å². The van der Waals surface area contributed by atoms with E-state index in [2.05, 4.69) is 17.3 Å². The molecule has 1 unspecified atom stereocenters. The van der Waals surface area contributed by atoms with Crippen molar-refractivity contribution >= 4 is 17.3 Å². The monoisotopic (exact) mass is 228 g/mol. The average Bonchev–Trinajstić information content (AvgIpc) is 2.56. The summed E-state index contributed by atoms with van der Waals surface area (Å²) in [6, 6.07) is 5.06. The Kier molecular flexibility index (Phi) is 3.12. The Balaban J connectivity index is 2.04. The highest BCUT2D eigenvalue weighted by Gasteiger charge is 2.19. The fourth-order valence-electron chi connectivity index (χ4n) is 1.88. The number of likely N-dealkylation sites (tertiary alicyclic amines) is 1. The summed E-state index contributed by atoms with van der Waals surface area (Å²) in [5.41, 5.74) is 0.541. The van der Waals surface area contributed by atoms with Crippen molar-refractivity contribution < 1.29 is 4.39 Å². The highest BCUT2D eigenvalue weighted by atomic mass is 35.5. The van der Waals surface area contributed by atoms with Crippen molar-refractivity contribution in [3.63, 3.8) is 0 Å². The van der Waals surface area contributed by atoms with E-state index in [0.29, 0.717) is 16.8 Å². The second-order valence-electron chi connectivity index (χ2n) is 4.02. The highest BCUT2D eigenvalue weighted by molar-refractivity contribution is 6.30. The van der Waals surface area contributed by atoms with Gasteiger partial charge in [-0.05, 0) is 38.2 Å². The Labute approximate surface area is 94.0 Å². The van der Waals surface area contributed by atoms with Crippen molar-refractivity contribution in [3.8, 4) is 0 Å². The van der Waals surface area contributed by atoms with Crippen LogP contribution in [-0.4, -0.2) is 31.1 Å². The minimum Gasteiger partial charge on any atom is -0.379 e. The molecule has 1 aliphatic heterocycles. The Hall–Kier alpha value is -0.800. The molecule has 0 aliphatic carbocycles. The molecule has 0 radical (unpaired) electrons. The number of hydrogen-bond donors (Lipinski definition) is 1. The van der Waals surface area contributed by atoms with Gasteiger partial charge in [-0.2, -0.15) is 0 Å². The van der Waals surface area contributed by atoms with Crippen molar-refractivity contribution in [2.24, 2.45) is 0 Å². The molecule has 0 aromatic heterocycles. The predicted octanol–water partition coefficient (Wildman–Crippen LogP) is 2.60. The standard InChI is InChI=1S/C11H14ClFN2/c1-15-5-4-9(7-15)14-11-3-2-8(12)6-10(11)13/h2-3,6,9,14H,4-5,7H2,1H3. The van der Waals surface area contributed by atoms with Crippen molar-refractivity contribution in [2.75, 3.05) is 25.5 Å². The third-order valence-electron chi connectivity index (χ3n) is 2.68. The molecule has 2 nitrogen and oxygen atoms in total. The number of rotatable bonds is 2. The Morgan fingerprint density at radius 3 is 2.93 bits per heavy atom. The maximum absolute atomic E-state index is 13.4. The van der Waals surface area contributed by atoms with Crippen molar-refractivity contribution in [2.45, 2.75) is 12.5 Å². The average molecular weight is 229 g/mol. The first-order valence-corrected chi connectivity index (χ1v) is 5.43. The van der Waals surface area contributed by atoms with Crippen LogP contribution in [0.3, 0.4) is 0 Å². The quantitative estimate of drug-likeness (QED) is 0.837. The van der Waals surface area contributed by atoms with Crippen LogP contribution in [0.2, 0.25) is 5.02 Å². The zero-order chi connectivity index (χ0) is 10.8. The fourth-order valence-corrected chi connectivity index (χ4v) is 2.04. The maximum Gasteiger partial charge on any atom is 0.147 e. The van der Waals surface area contributed by atoms with Gasteiger partial charge >= 0.3 is 0 Å². The molecule has 1 atom stereocenters. The molecule has 2 rings (SSSR count).